The van der Waals surface area contributed by atoms with Gasteiger partial charge >= 0.3 is 0 Å². The lowest BCUT2D eigenvalue weighted by Gasteiger charge is -2.23. The average molecular weight is 368 g/mol. The van der Waals surface area contributed by atoms with Crippen molar-refractivity contribution in [3.63, 3.8) is 0 Å². The van der Waals surface area contributed by atoms with Crippen LogP contribution in [0.25, 0.3) is 0 Å². The number of carbonyl (C=O) groups is 1. The van der Waals surface area contributed by atoms with Gasteiger partial charge in [0, 0.05) is 17.6 Å². The molecule has 0 heterocycles. The van der Waals surface area contributed by atoms with Crippen molar-refractivity contribution < 1.29 is 17.9 Å². The predicted octanol–water partition coefficient (Wildman–Crippen LogP) is 2.83. The van der Waals surface area contributed by atoms with E-state index in [2.05, 4.69) is 10.0 Å². The lowest BCUT2D eigenvalue weighted by molar-refractivity contribution is 0.0939. The number of amides is 1. The summed E-state index contributed by atoms with van der Waals surface area (Å²) in [7, 11) is -2.32. The maximum atomic E-state index is 12.8. The molecular weight excluding hydrogens is 340 g/mol. The van der Waals surface area contributed by atoms with E-state index < -0.39 is 10.0 Å². The summed E-state index contributed by atoms with van der Waals surface area (Å²) in [5.74, 6) is -0.0467. The summed E-state index contributed by atoms with van der Waals surface area (Å²) in [6.45, 7) is 3.88. The lowest BCUT2D eigenvalue weighted by Crippen LogP contribution is -2.36. The lowest BCUT2D eigenvalue weighted by atomic mass is 9.96. The van der Waals surface area contributed by atoms with E-state index in [0.29, 0.717) is 5.56 Å². The van der Waals surface area contributed by atoms with Crippen LogP contribution in [0.2, 0.25) is 0 Å². The Morgan fingerprint density at radius 2 is 1.96 bits per heavy atom. The molecule has 2 rings (SSSR count). The number of ether oxygens (including phenoxy) is 1. The highest BCUT2D eigenvalue weighted by Crippen LogP contribution is 2.27. The smallest absolute Gasteiger partial charge is 0.251 e. The fraction of sp³-hybridized carbons (Fsp3) is 0.611. The minimum absolute atomic E-state index is 0.0115. The summed E-state index contributed by atoms with van der Waals surface area (Å²) in [4.78, 5) is 12.3. The zero-order valence-electron chi connectivity index (χ0n) is 15.2. The number of nitrogens with one attached hydrogen (secondary N) is 2. The molecule has 1 aromatic rings. The number of hydrogen-bond acceptors (Lipinski definition) is 4. The molecule has 0 unspecified atom stereocenters. The van der Waals surface area contributed by atoms with Crippen LogP contribution in [0.3, 0.4) is 0 Å². The number of methoxy groups -OCH3 is 1. The third-order valence-electron chi connectivity index (χ3n) is 4.63. The van der Waals surface area contributed by atoms with Gasteiger partial charge in [-0.05, 0) is 44.4 Å². The zero-order chi connectivity index (χ0) is 18.4. The molecule has 1 fully saturated rings. The second-order valence-corrected chi connectivity index (χ2v) is 8.29. The van der Waals surface area contributed by atoms with Gasteiger partial charge in [-0.15, -0.1) is 0 Å². The third-order valence-corrected chi connectivity index (χ3v) is 6.17. The Morgan fingerprint density at radius 3 is 2.56 bits per heavy atom. The summed E-state index contributed by atoms with van der Waals surface area (Å²) >= 11 is 0. The first-order valence-corrected chi connectivity index (χ1v) is 10.4. The number of rotatable bonds is 7. The number of sulfonamides is 1. The molecule has 0 saturated heterocycles. The molecule has 0 aromatic heterocycles. The second kappa shape index (κ2) is 8.67. The summed E-state index contributed by atoms with van der Waals surface area (Å²) in [5.41, 5.74) is 0.310. The predicted molar refractivity (Wildman–Crippen MR) is 97.4 cm³/mol. The Kier molecular flexibility index (Phi) is 6.84. The molecule has 2 N–H and O–H groups in total. The first-order chi connectivity index (χ1) is 11.9. The van der Waals surface area contributed by atoms with Crippen LogP contribution in [0.4, 0.5) is 0 Å². The molecular formula is C18H28N2O4S. The molecule has 1 amide bonds. The van der Waals surface area contributed by atoms with Crippen LogP contribution in [0.15, 0.2) is 23.1 Å². The van der Waals surface area contributed by atoms with Crippen molar-refractivity contribution in [1.29, 1.82) is 0 Å². The van der Waals surface area contributed by atoms with E-state index >= 15 is 0 Å². The van der Waals surface area contributed by atoms with E-state index in [9.17, 15) is 13.2 Å². The highest BCUT2D eigenvalue weighted by atomic mass is 32.2. The van der Waals surface area contributed by atoms with Gasteiger partial charge < -0.3 is 10.1 Å². The normalized spacial score (nSPS) is 17.1. The molecule has 1 atom stereocenters. The Morgan fingerprint density at radius 1 is 1.28 bits per heavy atom. The minimum atomic E-state index is -3.75. The highest BCUT2D eigenvalue weighted by Gasteiger charge is 2.26. The van der Waals surface area contributed by atoms with Crippen molar-refractivity contribution in [2.75, 3.05) is 7.11 Å². The Hall–Kier alpha value is -1.60. The van der Waals surface area contributed by atoms with Crippen LogP contribution in [-0.4, -0.2) is 33.5 Å². The number of carbonyl (C=O) groups excluding carboxylic acids is 1. The van der Waals surface area contributed by atoms with Crippen molar-refractivity contribution in [3.8, 4) is 5.75 Å². The van der Waals surface area contributed by atoms with Crippen molar-refractivity contribution in [3.05, 3.63) is 23.8 Å². The van der Waals surface area contributed by atoms with Gasteiger partial charge in [-0.1, -0.05) is 26.2 Å². The molecule has 25 heavy (non-hydrogen) atoms. The summed E-state index contributed by atoms with van der Waals surface area (Å²) in [6.07, 6.45) is 5.69. The van der Waals surface area contributed by atoms with Gasteiger partial charge in [-0.3, -0.25) is 4.79 Å². The quantitative estimate of drug-likeness (QED) is 0.775. The molecule has 0 spiro atoms. The summed E-state index contributed by atoms with van der Waals surface area (Å²) < 4.78 is 33.6. The van der Waals surface area contributed by atoms with E-state index in [-0.39, 0.29) is 28.6 Å². The number of hydrogen-bond donors (Lipinski definition) is 2. The summed E-state index contributed by atoms with van der Waals surface area (Å²) in [6, 6.07) is 4.47. The molecule has 1 aromatic carbocycles. The molecule has 1 aliphatic rings. The Labute approximate surface area is 150 Å². The van der Waals surface area contributed by atoms with Gasteiger partial charge in [0.15, 0.2) is 0 Å². The molecule has 140 valence electrons. The SMILES string of the molecule is CC[C@H](C)NC(=O)c1ccc(OC)c(S(=O)(=O)NC2CCCCC2)c1. The number of benzene rings is 1. The van der Waals surface area contributed by atoms with Crippen LogP contribution in [-0.2, 0) is 10.0 Å². The van der Waals surface area contributed by atoms with Crippen LogP contribution in [0, 0.1) is 0 Å². The standard InChI is InChI=1S/C18H28N2O4S/c1-4-13(2)19-18(21)14-10-11-16(24-3)17(12-14)25(22,23)20-15-8-6-5-7-9-15/h10-13,15,20H,4-9H2,1-3H3,(H,19,21)/t13-/m0/s1. The van der Waals surface area contributed by atoms with Gasteiger partial charge in [0.05, 0.1) is 7.11 Å². The fourth-order valence-corrected chi connectivity index (χ4v) is 4.44. The monoisotopic (exact) mass is 368 g/mol. The topological polar surface area (TPSA) is 84.5 Å². The van der Waals surface area contributed by atoms with Gasteiger partial charge in [0.25, 0.3) is 5.91 Å². The van der Waals surface area contributed by atoms with E-state index in [1.54, 1.807) is 6.07 Å². The Bertz CT molecular complexity index is 697. The van der Waals surface area contributed by atoms with Crippen molar-refractivity contribution in [2.24, 2.45) is 0 Å². The van der Waals surface area contributed by atoms with E-state index in [4.69, 9.17) is 4.74 Å². The first kappa shape index (κ1) is 19.7. The van der Waals surface area contributed by atoms with E-state index in [0.717, 1.165) is 38.5 Å². The van der Waals surface area contributed by atoms with Crippen LogP contribution < -0.4 is 14.8 Å². The van der Waals surface area contributed by atoms with Gasteiger partial charge in [-0.2, -0.15) is 0 Å². The average Bonchev–Trinajstić information content (AvgIpc) is 2.61. The first-order valence-electron chi connectivity index (χ1n) is 8.88. The van der Waals surface area contributed by atoms with E-state index in [1.165, 1.54) is 19.2 Å². The fourth-order valence-electron chi connectivity index (χ4n) is 2.94. The second-order valence-electron chi connectivity index (χ2n) is 6.60. The molecule has 0 radical (unpaired) electrons. The van der Waals surface area contributed by atoms with Gasteiger partial charge in [-0.25, -0.2) is 13.1 Å². The van der Waals surface area contributed by atoms with Gasteiger partial charge in [0.2, 0.25) is 10.0 Å². The van der Waals surface area contributed by atoms with E-state index in [1.807, 2.05) is 13.8 Å². The maximum absolute atomic E-state index is 12.8. The molecule has 6 nitrogen and oxygen atoms in total. The third kappa shape index (κ3) is 5.19. The summed E-state index contributed by atoms with van der Waals surface area (Å²) in [5, 5.41) is 2.85. The van der Waals surface area contributed by atoms with Crippen LogP contribution >= 0.6 is 0 Å². The molecule has 1 aliphatic carbocycles. The Balaban J connectivity index is 2.27. The highest BCUT2D eigenvalue weighted by molar-refractivity contribution is 7.89. The molecule has 7 heteroatoms. The molecule has 1 saturated carbocycles. The van der Waals surface area contributed by atoms with Crippen LogP contribution in [0.5, 0.6) is 5.75 Å². The van der Waals surface area contributed by atoms with Crippen molar-refractivity contribution in [2.45, 2.75) is 69.4 Å². The zero-order valence-corrected chi connectivity index (χ0v) is 16.0. The maximum Gasteiger partial charge on any atom is 0.251 e. The molecule has 0 bridgehead atoms. The minimum Gasteiger partial charge on any atom is -0.495 e. The van der Waals surface area contributed by atoms with Crippen molar-refractivity contribution >= 4 is 15.9 Å². The molecule has 0 aliphatic heterocycles. The van der Waals surface area contributed by atoms with Crippen LogP contribution in [0.1, 0.15) is 62.7 Å². The van der Waals surface area contributed by atoms with Gasteiger partial charge in [0.1, 0.15) is 10.6 Å². The largest absolute Gasteiger partial charge is 0.495 e. The van der Waals surface area contributed by atoms with Crippen molar-refractivity contribution in [1.82, 2.24) is 10.0 Å².